The molecule has 1 aliphatic rings. The van der Waals surface area contributed by atoms with E-state index in [0.29, 0.717) is 11.8 Å². The standard InChI is InChI=1S/C34H36NS/c1-19(2)14-23-9-11-25-24(17-23)18-30-32-27(25)12-13-35(7)33(32)31-22(6)28-16-21(5)8-10-26(28)29(15-20(3)4)34(31)36-30/h8-13,16-20H,14-15H2,1-7H3/q+1. The van der Waals surface area contributed by atoms with E-state index in [1.54, 1.807) is 0 Å². The van der Waals surface area contributed by atoms with Gasteiger partial charge in [0.15, 0.2) is 6.20 Å². The highest BCUT2D eigenvalue weighted by Gasteiger charge is 2.32. The molecule has 4 aromatic carbocycles. The predicted octanol–water partition coefficient (Wildman–Crippen LogP) is 9.12. The van der Waals surface area contributed by atoms with Crippen LogP contribution >= 0.6 is 11.8 Å². The van der Waals surface area contributed by atoms with Crippen molar-refractivity contribution in [1.29, 1.82) is 0 Å². The third-order valence-corrected chi connectivity index (χ3v) is 8.94. The van der Waals surface area contributed by atoms with E-state index in [2.05, 4.69) is 108 Å². The Balaban J connectivity index is 1.74. The van der Waals surface area contributed by atoms with Crippen LogP contribution in [-0.4, -0.2) is 0 Å². The molecule has 0 fully saturated rings. The first kappa shape index (κ1) is 23.6. The Hall–Kier alpha value is -2.84. The molecule has 0 unspecified atom stereocenters. The molecule has 1 nitrogen and oxygen atoms in total. The van der Waals surface area contributed by atoms with Gasteiger partial charge in [-0.2, -0.15) is 0 Å². The zero-order valence-electron chi connectivity index (χ0n) is 22.6. The first-order chi connectivity index (χ1) is 17.2. The van der Waals surface area contributed by atoms with Gasteiger partial charge in [-0.25, -0.2) is 4.57 Å². The maximum absolute atomic E-state index is 2.46. The van der Waals surface area contributed by atoms with Crippen molar-refractivity contribution in [2.75, 3.05) is 0 Å². The van der Waals surface area contributed by atoms with Crippen LogP contribution in [0.2, 0.25) is 0 Å². The molecule has 2 heterocycles. The summed E-state index contributed by atoms with van der Waals surface area (Å²) in [6.07, 6.45) is 4.48. The van der Waals surface area contributed by atoms with E-state index in [0.717, 1.165) is 12.8 Å². The van der Waals surface area contributed by atoms with Gasteiger partial charge >= 0.3 is 0 Å². The Kier molecular flexibility index (Phi) is 5.64. The molecule has 1 aromatic heterocycles. The smallest absolute Gasteiger partial charge is 0.200 e. The van der Waals surface area contributed by atoms with Crippen LogP contribution in [0.15, 0.2) is 64.5 Å². The van der Waals surface area contributed by atoms with Crippen LogP contribution in [0.5, 0.6) is 0 Å². The number of hydrogen-bond acceptors (Lipinski definition) is 1. The summed E-state index contributed by atoms with van der Waals surface area (Å²) >= 11 is 2.01. The SMILES string of the molecule is Cc1ccc2c(CC(C)C)c3c(c(C)c2c1)-c1c2c(cc4cc(CC(C)C)ccc4c2cc[n+]1C)S3. The molecule has 5 aromatic rings. The molecular formula is C34H36NS+. The number of pyridine rings is 1. The number of nitrogens with zero attached hydrogens (tertiary/aromatic N) is 1. The first-order valence-electron chi connectivity index (χ1n) is 13.3. The van der Waals surface area contributed by atoms with Crippen LogP contribution in [0.4, 0.5) is 0 Å². The third-order valence-electron chi connectivity index (χ3n) is 7.75. The van der Waals surface area contributed by atoms with Crippen molar-refractivity contribution in [2.45, 2.75) is 64.2 Å². The van der Waals surface area contributed by atoms with E-state index in [9.17, 15) is 0 Å². The molecule has 0 saturated carbocycles. The van der Waals surface area contributed by atoms with Gasteiger partial charge in [0.25, 0.3) is 0 Å². The molecule has 0 N–H and O–H groups in total. The van der Waals surface area contributed by atoms with Gasteiger partial charge in [0.1, 0.15) is 7.05 Å². The molecule has 0 radical (unpaired) electrons. The number of rotatable bonds is 4. The second-order valence-corrected chi connectivity index (χ2v) is 12.7. The van der Waals surface area contributed by atoms with E-state index in [1.807, 2.05) is 11.8 Å². The Labute approximate surface area is 219 Å². The van der Waals surface area contributed by atoms with Gasteiger partial charge in [-0.1, -0.05) is 81.4 Å². The van der Waals surface area contributed by atoms with E-state index in [-0.39, 0.29) is 0 Å². The fraction of sp³-hybridized carbons (Fsp3) is 0.324. The van der Waals surface area contributed by atoms with Crippen LogP contribution < -0.4 is 4.57 Å². The van der Waals surface area contributed by atoms with E-state index in [1.165, 1.54) is 75.6 Å². The lowest BCUT2D eigenvalue weighted by Gasteiger charge is -2.26. The molecule has 6 rings (SSSR count). The number of fused-ring (bicyclic) bond motifs is 5. The van der Waals surface area contributed by atoms with E-state index >= 15 is 0 Å². The van der Waals surface area contributed by atoms with Crippen molar-refractivity contribution in [2.24, 2.45) is 18.9 Å². The van der Waals surface area contributed by atoms with Crippen molar-refractivity contribution < 1.29 is 4.57 Å². The van der Waals surface area contributed by atoms with Crippen molar-refractivity contribution in [3.8, 4) is 11.3 Å². The zero-order valence-corrected chi connectivity index (χ0v) is 23.4. The average molecular weight is 491 g/mol. The summed E-state index contributed by atoms with van der Waals surface area (Å²) in [4.78, 5) is 2.86. The Morgan fingerprint density at radius 3 is 2.28 bits per heavy atom. The van der Waals surface area contributed by atoms with Crippen LogP contribution in [0.25, 0.3) is 43.6 Å². The van der Waals surface area contributed by atoms with Gasteiger partial charge in [0.05, 0.1) is 10.9 Å². The Morgan fingerprint density at radius 2 is 1.53 bits per heavy atom. The molecule has 0 saturated heterocycles. The van der Waals surface area contributed by atoms with Gasteiger partial charge in [-0.05, 0) is 82.8 Å². The lowest BCUT2D eigenvalue weighted by Crippen LogP contribution is -2.32. The van der Waals surface area contributed by atoms with Crippen molar-refractivity contribution >= 4 is 44.1 Å². The lowest BCUT2D eigenvalue weighted by atomic mass is 9.87. The van der Waals surface area contributed by atoms with Crippen LogP contribution in [0, 0.1) is 25.7 Å². The maximum Gasteiger partial charge on any atom is 0.222 e. The molecule has 1 aliphatic heterocycles. The van der Waals surface area contributed by atoms with Crippen LogP contribution in [-0.2, 0) is 19.9 Å². The average Bonchev–Trinajstić information content (AvgIpc) is 2.82. The summed E-state index contributed by atoms with van der Waals surface area (Å²) < 4.78 is 2.36. The Bertz CT molecular complexity index is 1690. The topological polar surface area (TPSA) is 3.88 Å². The second-order valence-electron chi connectivity index (χ2n) is 11.6. The normalized spacial score (nSPS) is 12.9. The third kappa shape index (κ3) is 3.65. The van der Waals surface area contributed by atoms with E-state index < -0.39 is 0 Å². The van der Waals surface area contributed by atoms with Crippen LogP contribution in [0.3, 0.4) is 0 Å². The van der Waals surface area contributed by atoms with Gasteiger partial charge in [-0.3, -0.25) is 0 Å². The van der Waals surface area contributed by atoms with Gasteiger partial charge in [0, 0.05) is 21.2 Å². The number of hydrogen-bond donors (Lipinski definition) is 0. The number of aryl methyl sites for hydroxylation is 3. The zero-order chi connectivity index (χ0) is 25.3. The molecule has 182 valence electrons. The monoisotopic (exact) mass is 490 g/mol. The van der Waals surface area contributed by atoms with Gasteiger partial charge in [0.2, 0.25) is 5.69 Å². The highest BCUT2D eigenvalue weighted by Crippen LogP contribution is 2.53. The summed E-state index contributed by atoms with van der Waals surface area (Å²) in [5, 5.41) is 8.35. The maximum atomic E-state index is 2.46. The molecule has 0 bridgehead atoms. The highest BCUT2D eigenvalue weighted by atomic mass is 32.2. The lowest BCUT2D eigenvalue weighted by molar-refractivity contribution is -0.659. The molecule has 36 heavy (non-hydrogen) atoms. The number of benzene rings is 4. The fourth-order valence-corrected chi connectivity index (χ4v) is 7.60. The first-order valence-corrected chi connectivity index (χ1v) is 14.2. The van der Waals surface area contributed by atoms with Gasteiger partial charge < -0.3 is 0 Å². The highest BCUT2D eigenvalue weighted by molar-refractivity contribution is 8.00. The molecule has 0 amide bonds. The van der Waals surface area contributed by atoms with Crippen molar-refractivity contribution in [3.05, 3.63) is 77.0 Å². The molecule has 0 spiro atoms. The van der Waals surface area contributed by atoms with Crippen molar-refractivity contribution in [3.63, 3.8) is 0 Å². The molecule has 2 heteroatoms. The fourth-order valence-electron chi connectivity index (χ4n) is 6.22. The largest absolute Gasteiger partial charge is 0.222 e. The minimum Gasteiger partial charge on any atom is -0.200 e. The summed E-state index contributed by atoms with van der Waals surface area (Å²) in [5.41, 5.74) is 8.49. The van der Waals surface area contributed by atoms with E-state index in [4.69, 9.17) is 0 Å². The summed E-state index contributed by atoms with van der Waals surface area (Å²) in [7, 11) is 2.22. The molecule has 0 atom stereocenters. The number of aromatic nitrogens is 1. The van der Waals surface area contributed by atoms with Crippen LogP contribution in [0.1, 0.15) is 49.9 Å². The quantitative estimate of drug-likeness (QED) is 0.176. The van der Waals surface area contributed by atoms with Crippen molar-refractivity contribution in [1.82, 2.24) is 0 Å². The second kappa shape index (κ2) is 8.63. The van der Waals surface area contributed by atoms with Gasteiger partial charge in [-0.15, -0.1) is 0 Å². The summed E-state index contributed by atoms with van der Waals surface area (Å²) in [6, 6.07) is 19.0. The minimum atomic E-state index is 0.600. The summed E-state index contributed by atoms with van der Waals surface area (Å²) in [5.74, 6) is 1.26. The Morgan fingerprint density at radius 1 is 0.778 bits per heavy atom. The molecule has 0 aliphatic carbocycles. The minimum absolute atomic E-state index is 0.600. The predicted molar refractivity (Wildman–Crippen MR) is 156 cm³/mol. The molecular weight excluding hydrogens is 454 g/mol. The summed E-state index contributed by atoms with van der Waals surface area (Å²) in [6.45, 7) is 13.8.